The van der Waals surface area contributed by atoms with Crippen molar-refractivity contribution in [3.05, 3.63) is 35.9 Å². The number of nitrogens with zero attached hydrogens (tertiary/aromatic N) is 1. The molecule has 3 heterocycles. The highest BCUT2D eigenvalue weighted by molar-refractivity contribution is 5.87. The average molecular weight is 424 g/mol. The lowest BCUT2D eigenvalue weighted by Gasteiger charge is -2.56. The normalized spacial score (nSPS) is 35.6. The fourth-order valence-electron chi connectivity index (χ4n) is 7.48. The number of rotatable bonds is 7. The Morgan fingerprint density at radius 2 is 1.97 bits per heavy atom. The van der Waals surface area contributed by atoms with Gasteiger partial charge >= 0.3 is 0 Å². The number of benzene rings is 1. The van der Waals surface area contributed by atoms with Crippen LogP contribution in [0.15, 0.2) is 30.3 Å². The van der Waals surface area contributed by atoms with Crippen LogP contribution in [0.2, 0.25) is 0 Å². The Bertz CT molecular complexity index is 759. The van der Waals surface area contributed by atoms with Gasteiger partial charge in [0.25, 0.3) is 0 Å². The summed E-state index contributed by atoms with van der Waals surface area (Å²) in [6.45, 7) is 8.87. The number of likely N-dealkylation sites (tertiary alicyclic amines) is 1. The molecule has 170 valence electrons. The van der Waals surface area contributed by atoms with Crippen molar-refractivity contribution >= 4 is 5.91 Å². The van der Waals surface area contributed by atoms with Gasteiger partial charge in [0.1, 0.15) is 5.54 Å². The van der Waals surface area contributed by atoms with E-state index in [1.54, 1.807) is 0 Å². The van der Waals surface area contributed by atoms with Gasteiger partial charge in [-0.1, -0.05) is 63.4 Å². The van der Waals surface area contributed by atoms with Crippen molar-refractivity contribution in [1.82, 2.24) is 15.5 Å². The molecule has 5 unspecified atom stereocenters. The molecule has 3 aliphatic heterocycles. The van der Waals surface area contributed by atoms with Crippen LogP contribution in [0, 0.1) is 29.6 Å². The molecule has 4 bridgehead atoms. The van der Waals surface area contributed by atoms with E-state index in [0.717, 1.165) is 32.5 Å². The molecule has 6 rings (SSSR count). The first-order valence-corrected chi connectivity index (χ1v) is 12.9. The molecule has 31 heavy (non-hydrogen) atoms. The molecular weight excluding hydrogens is 382 g/mol. The summed E-state index contributed by atoms with van der Waals surface area (Å²) in [5.74, 6) is 3.34. The molecular formula is C27H41N3O. The maximum atomic E-state index is 13.9. The molecule has 3 saturated heterocycles. The minimum atomic E-state index is -0.402. The predicted molar refractivity (Wildman–Crippen MR) is 126 cm³/mol. The van der Waals surface area contributed by atoms with E-state index in [2.05, 4.69) is 59.7 Å². The number of piperidine rings is 2. The van der Waals surface area contributed by atoms with Crippen LogP contribution in [-0.2, 0) is 11.2 Å². The van der Waals surface area contributed by atoms with Crippen LogP contribution in [0.4, 0.5) is 0 Å². The smallest absolute Gasteiger partial charge is 0.240 e. The summed E-state index contributed by atoms with van der Waals surface area (Å²) in [5.41, 5.74) is 0.967. The summed E-state index contributed by atoms with van der Waals surface area (Å²) >= 11 is 0. The summed E-state index contributed by atoms with van der Waals surface area (Å²) < 4.78 is 0. The van der Waals surface area contributed by atoms with Crippen LogP contribution < -0.4 is 10.6 Å². The van der Waals surface area contributed by atoms with E-state index in [0.29, 0.717) is 41.5 Å². The molecule has 2 saturated carbocycles. The zero-order valence-corrected chi connectivity index (χ0v) is 19.5. The zero-order chi connectivity index (χ0) is 21.4. The van der Waals surface area contributed by atoms with Gasteiger partial charge < -0.3 is 10.6 Å². The number of carbonyl (C=O) groups is 1. The number of carbonyl (C=O) groups excluding carboxylic acids is 1. The highest BCUT2D eigenvalue weighted by Gasteiger charge is 2.64. The molecule has 4 heteroatoms. The van der Waals surface area contributed by atoms with Crippen LogP contribution in [-0.4, -0.2) is 48.6 Å². The molecule has 1 aromatic carbocycles. The van der Waals surface area contributed by atoms with E-state index >= 15 is 0 Å². The van der Waals surface area contributed by atoms with Crippen LogP contribution in [0.1, 0.15) is 57.9 Å². The van der Waals surface area contributed by atoms with E-state index in [4.69, 9.17) is 0 Å². The van der Waals surface area contributed by atoms with E-state index in [-0.39, 0.29) is 0 Å². The fraction of sp³-hybridized carbons (Fsp3) is 0.741. The van der Waals surface area contributed by atoms with Crippen LogP contribution in [0.25, 0.3) is 0 Å². The first-order valence-electron chi connectivity index (χ1n) is 12.9. The molecule has 5 fully saturated rings. The molecule has 2 N–H and O–H groups in total. The number of amides is 1. The van der Waals surface area contributed by atoms with Crippen molar-refractivity contribution in [2.75, 3.05) is 26.2 Å². The Morgan fingerprint density at radius 3 is 2.71 bits per heavy atom. The van der Waals surface area contributed by atoms with Crippen LogP contribution >= 0.6 is 0 Å². The third-order valence-corrected chi connectivity index (χ3v) is 8.80. The maximum Gasteiger partial charge on any atom is 0.240 e. The molecule has 1 aromatic rings. The maximum absolute atomic E-state index is 13.9. The lowest BCUT2D eigenvalue weighted by Crippen LogP contribution is -2.74. The van der Waals surface area contributed by atoms with E-state index in [1.807, 2.05) is 0 Å². The molecule has 0 radical (unpaired) electrons. The average Bonchev–Trinajstić information content (AvgIpc) is 3.08. The third-order valence-electron chi connectivity index (χ3n) is 8.80. The first kappa shape index (κ1) is 21.5. The van der Waals surface area contributed by atoms with Crippen LogP contribution in [0.5, 0.6) is 0 Å². The predicted octanol–water partition coefficient (Wildman–Crippen LogP) is 3.86. The summed E-state index contributed by atoms with van der Waals surface area (Å²) in [6, 6.07) is 11.4. The van der Waals surface area contributed by atoms with Crippen molar-refractivity contribution in [3.8, 4) is 0 Å². The lowest BCUT2D eigenvalue weighted by atomic mass is 9.58. The van der Waals surface area contributed by atoms with Crippen molar-refractivity contribution in [2.45, 2.75) is 70.4 Å². The van der Waals surface area contributed by atoms with Gasteiger partial charge in [0.2, 0.25) is 5.91 Å². The Kier molecular flexibility index (Phi) is 6.13. The van der Waals surface area contributed by atoms with Crippen molar-refractivity contribution in [1.29, 1.82) is 0 Å². The molecule has 0 spiro atoms. The van der Waals surface area contributed by atoms with Gasteiger partial charge in [0.05, 0.1) is 0 Å². The van der Waals surface area contributed by atoms with Gasteiger partial charge in [0.15, 0.2) is 0 Å². The van der Waals surface area contributed by atoms with E-state index in [9.17, 15) is 4.79 Å². The Morgan fingerprint density at radius 1 is 1.19 bits per heavy atom. The fourth-order valence-corrected chi connectivity index (χ4v) is 7.48. The van der Waals surface area contributed by atoms with E-state index in [1.165, 1.54) is 44.2 Å². The standard InChI is InChI=1S/C27H41N3O/c1-19(2)17-30-18-22-14-27(26(31)28-15-21-11-7-4-8-12-21)24(25(30)23(22)16-29-27)13-20-9-5-3-6-10-20/h3,5-6,9-10,19,21-25,29H,4,7-8,11-18H2,1-2H3,(H,28,31). The van der Waals surface area contributed by atoms with Crippen LogP contribution in [0.3, 0.4) is 0 Å². The molecule has 4 nitrogen and oxygen atoms in total. The monoisotopic (exact) mass is 423 g/mol. The van der Waals surface area contributed by atoms with Crippen molar-refractivity contribution in [2.24, 2.45) is 29.6 Å². The topological polar surface area (TPSA) is 44.4 Å². The minimum absolute atomic E-state index is 0.290. The number of hydrogen-bond donors (Lipinski definition) is 2. The summed E-state index contributed by atoms with van der Waals surface area (Å²) in [5, 5.41) is 7.28. The number of fused-ring (bicyclic) bond motifs is 1. The molecule has 5 aliphatic rings. The van der Waals surface area contributed by atoms with Gasteiger partial charge in [-0.15, -0.1) is 0 Å². The lowest BCUT2D eigenvalue weighted by molar-refractivity contribution is -0.138. The largest absolute Gasteiger partial charge is 0.354 e. The Labute approximate surface area is 188 Å². The Hall–Kier alpha value is -1.39. The minimum Gasteiger partial charge on any atom is -0.354 e. The van der Waals surface area contributed by atoms with Gasteiger partial charge in [-0.25, -0.2) is 0 Å². The second kappa shape index (κ2) is 8.86. The summed E-state index contributed by atoms with van der Waals surface area (Å²) in [4.78, 5) is 16.6. The van der Waals surface area contributed by atoms with Crippen molar-refractivity contribution in [3.63, 3.8) is 0 Å². The van der Waals surface area contributed by atoms with Gasteiger partial charge in [-0.05, 0) is 54.9 Å². The third kappa shape index (κ3) is 4.06. The highest BCUT2D eigenvalue weighted by atomic mass is 16.2. The number of hydrogen-bond acceptors (Lipinski definition) is 3. The summed E-state index contributed by atoms with van der Waals surface area (Å²) in [6.07, 6.45) is 8.59. The molecule has 0 aromatic heterocycles. The SMILES string of the molecule is CC(C)CN1CC2CC3(C(=O)NCC4CCCCC4)NCC2C1C3Cc1ccccc1. The highest BCUT2D eigenvalue weighted by Crippen LogP contribution is 2.53. The summed E-state index contributed by atoms with van der Waals surface area (Å²) in [7, 11) is 0. The quantitative estimate of drug-likeness (QED) is 0.700. The Balaban J connectivity index is 1.40. The number of nitrogens with one attached hydrogen (secondary N) is 2. The molecule has 2 aliphatic carbocycles. The molecule has 5 atom stereocenters. The van der Waals surface area contributed by atoms with Crippen molar-refractivity contribution < 1.29 is 4.79 Å². The van der Waals surface area contributed by atoms with Gasteiger partial charge in [-0.2, -0.15) is 0 Å². The van der Waals surface area contributed by atoms with Gasteiger partial charge in [0, 0.05) is 38.1 Å². The second-order valence-corrected chi connectivity index (χ2v) is 11.3. The first-order chi connectivity index (χ1) is 15.1. The zero-order valence-electron chi connectivity index (χ0n) is 19.5. The molecule has 1 amide bonds. The second-order valence-electron chi connectivity index (χ2n) is 11.3. The van der Waals surface area contributed by atoms with Gasteiger partial charge in [-0.3, -0.25) is 9.69 Å². The van der Waals surface area contributed by atoms with E-state index < -0.39 is 5.54 Å².